The number of nitrogens with zero attached hydrogens (tertiary/aromatic N) is 4. The Morgan fingerprint density at radius 2 is 2.17 bits per heavy atom. The molecule has 1 aliphatic heterocycles. The lowest BCUT2D eigenvalue weighted by atomic mass is 10.1. The van der Waals surface area contributed by atoms with Gasteiger partial charge in [0.15, 0.2) is 5.96 Å². The largest absolute Gasteiger partial charge is 0.375 e. The number of pyridine rings is 1. The highest BCUT2D eigenvalue weighted by Crippen LogP contribution is 2.17. The molecule has 1 saturated heterocycles. The van der Waals surface area contributed by atoms with Gasteiger partial charge >= 0.3 is 0 Å². The zero-order valence-electron chi connectivity index (χ0n) is 19.1. The first-order valence-corrected chi connectivity index (χ1v) is 10.3. The molecule has 1 aromatic heterocycles. The van der Waals surface area contributed by atoms with Gasteiger partial charge < -0.3 is 25.2 Å². The summed E-state index contributed by atoms with van der Waals surface area (Å²) in [5, 5.41) is 6.24. The molecule has 2 rings (SSSR count). The predicted molar refractivity (Wildman–Crippen MR) is 133 cm³/mol. The molecule has 0 spiro atoms. The number of likely N-dealkylation sites (N-methyl/N-ethyl adjacent to an activating group) is 1. The number of halogens is 1. The summed E-state index contributed by atoms with van der Waals surface area (Å²) in [6.07, 6.45) is 2.04. The number of hydrogen-bond acceptors (Lipinski definition) is 5. The summed E-state index contributed by atoms with van der Waals surface area (Å²) in [6, 6.07) is 4.06. The number of morpholine rings is 1. The van der Waals surface area contributed by atoms with Crippen LogP contribution in [0.15, 0.2) is 23.3 Å². The number of aromatic nitrogens is 1. The van der Waals surface area contributed by atoms with E-state index >= 15 is 0 Å². The highest BCUT2D eigenvalue weighted by Gasteiger charge is 2.19. The van der Waals surface area contributed by atoms with Crippen LogP contribution in [-0.2, 0) is 16.1 Å². The standard InChI is InChI=1S/C21H36N6O2.HI/c1-7-22-20(26(6)15-19(28)25-21(3,4)5)24-13-17-8-9-23-18(12-17)27-10-11-29-16(2)14-27;/h8-9,12,16H,7,10-11,13-15H2,1-6H3,(H,22,24)(H,25,28);1H. The average molecular weight is 532 g/mol. The molecule has 170 valence electrons. The number of guanidine groups is 1. The van der Waals surface area contributed by atoms with Crippen molar-refractivity contribution in [2.24, 2.45) is 4.99 Å². The van der Waals surface area contributed by atoms with Crippen LogP contribution in [-0.4, -0.2) is 73.2 Å². The summed E-state index contributed by atoms with van der Waals surface area (Å²) in [5.74, 6) is 1.63. The van der Waals surface area contributed by atoms with Crippen LogP contribution in [0.1, 0.15) is 40.2 Å². The van der Waals surface area contributed by atoms with Gasteiger partial charge in [-0.25, -0.2) is 9.98 Å². The fourth-order valence-electron chi connectivity index (χ4n) is 3.14. The molecule has 30 heavy (non-hydrogen) atoms. The van der Waals surface area contributed by atoms with E-state index in [0.29, 0.717) is 12.5 Å². The van der Waals surface area contributed by atoms with Crippen molar-refractivity contribution in [2.75, 3.05) is 44.7 Å². The lowest BCUT2D eigenvalue weighted by molar-refractivity contribution is -0.122. The van der Waals surface area contributed by atoms with Gasteiger partial charge in [0.05, 0.1) is 25.8 Å². The molecule has 2 N–H and O–H groups in total. The smallest absolute Gasteiger partial charge is 0.240 e. The number of ether oxygens (including phenoxy) is 1. The number of carbonyl (C=O) groups is 1. The Balaban J connectivity index is 0.00000450. The van der Waals surface area contributed by atoms with Gasteiger partial charge in [-0.15, -0.1) is 24.0 Å². The van der Waals surface area contributed by atoms with Crippen molar-refractivity contribution < 1.29 is 9.53 Å². The van der Waals surface area contributed by atoms with E-state index in [0.717, 1.165) is 37.6 Å². The van der Waals surface area contributed by atoms with Gasteiger partial charge in [0, 0.05) is 38.4 Å². The van der Waals surface area contributed by atoms with Gasteiger partial charge in [-0.05, 0) is 52.3 Å². The summed E-state index contributed by atoms with van der Waals surface area (Å²) >= 11 is 0. The zero-order valence-corrected chi connectivity index (χ0v) is 21.4. The third-order valence-electron chi connectivity index (χ3n) is 4.38. The van der Waals surface area contributed by atoms with E-state index in [1.54, 1.807) is 0 Å². The molecule has 0 radical (unpaired) electrons. The molecule has 1 unspecified atom stereocenters. The first-order valence-electron chi connectivity index (χ1n) is 10.3. The van der Waals surface area contributed by atoms with Crippen molar-refractivity contribution in [1.82, 2.24) is 20.5 Å². The second-order valence-corrected chi connectivity index (χ2v) is 8.47. The molecule has 1 fully saturated rings. The normalized spacial score (nSPS) is 17.2. The number of aliphatic imine (C=N–C) groups is 1. The lowest BCUT2D eigenvalue weighted by Crippen LogP contribution is -2.48. The van der Waals surface area contributed by atoms with Crippen LogP contribution in [0.3, 0.4) is 0 Å². The first-order chi connectivity index (χ1) is 13.7. The van der Waals surface area contributed by atoms with Crippen molar-refractivity contribution in [3.63, 3.8) is 0 Å². The van der Waals surface area contributed by atoms with Crippen molar-refractivity contribution >= 4 is 41.7 Å². The van der Waals surface area contributed by atoms with E-state index < -0.39 is 0 Å². The third kappa shape index (κ3) is 9.03. The van der Waals surface area contributed by atoms with Gasteiger partial charge in [0.1, 0.15) is 5.82 Å². The predicted octanol–water partition coefficient (Wildman–Crippen LogP) is 2.24. The van der Waals surface area contributed by atoms with E-state index in [2.05, 4.69) is 33.5 Å². The quantitative estimate of drug-likeness (QED) is 0.333. The first kappa shape index (κ1) is 26.4. The Kier molecular flexibility index (Phi) is 10.8. The molecule has 0 aromatic carbocycles. The van der Waals surface area contributed by atoms with Crippen LogP contribution in [0.25, 0.3) is 0 Å². The van der Waals surface area contributed by atoms with Crippen LogP contribution in [0, 0.1) is 0 Å². The Labute approximate surface area is 197 Å². The number of hydrogen-bond donors (Lipinski definition) is 2. The van der Waals surface area contributed by atoms with Crippen molar-refractivity contribution in [1.29, 1.82) is 0 Å². The number of rotatable bonds is 6. The molecule has 0 saturated carbocycles. The molecular formula is C21H37IN6O2. The minimum absolute atomic E-state index is 0. The second-order valence-electron chi connectivity index (χ2n) is 8.47. The van der Waals surface area contributed by atoms with Crippen LogP contribution in [0.4, 0.5) is 5.82 Å². The Morgan fingerprint density at radius 1 is 1.43 bits per heavy atom. The number of carbonyl (C=O) groups excluding carboxylic acids is 1. The van der Waals surface area contributed by atoms with Crippen LogP contribution >= 0.6 is 24.0 Å². The minimum Gasteiger partial charge on any atom is -0.375 e. The minimum atomic E-state index is -0.252. The molecule has 0 bridgehead atoms. The monoisotopic (exact) mass is 532 g/mol. The molecule has 2 heterocycles. The maximum atomic E-state index is 12.2. The molecule has 1 atom stereocenters. The SMILES string of the molecule is CCNC(=NCc1ccnc(N2CCOC(C)C2)c1)N(C)CC(=O)NC(C)(C)C.I. The number of nitrogens with one attached hydrogen (secondary N) is 2. The molecule has 1 aliphatic rings. The van der Waals surface area contributed by atoms with Gasteiger partial charge in [0.2, 0.25) is 5.91 Å². The zero-order chi connectivity index (χ0) is 21.4. The van der Waals surface area contributed by atoms with E-state index in [1.165, 1.54) is 0 Å². The second kappa shape index (κ2) is 12.3. The summed E-state index contributed by atoms with van der Waals surface area (Å²) < 4.78 is 5.62. The fraction of sp³-hybridized carbons (Fsp3) is 0.667. The summed E-state index contributed by atoms with van der Waals surface area (Å²) in [7, 11) is 1.87. The Morgan fingerprint density at radius 3 is 2.80 bits per heavy atom. The van der Waals surface area contributed by atoms with Crippen molar-refractivity contribution in [3.8, 4) is 0 Å². The molecule has 0 aliphatic carbocycles. The van der Waals surface area contributed by atoms with Gasteiger partial charge in [0.25, 0.3) is 0 Å². The molecule has 8 nitrogen and oxygen atoms in total. The van der Waals surface area contributed by atoms with Crippen LogP contribution in [0.5, 0.6) is 0 Å². The average Bonchev–Trinajstić information content (AvgIpc) is 2.63. The van der Waals surface area contributed by atoms with Gasteiger partial charge in [-0.3, -0.25) is 4.79 Å². The summed E-state index contributed by atoms with van der Waals surface area (Å²) in [4.78, 5) is 25.6. The van der Waals surface area contributed by atoms with E-state index in [9.17, 15) is 4.79 Å². The summed E-state index contributed by atoms with van der Waals surface area (Å²) in [5.41, 5.74) is 0.829. The van der Waals surface area contributed by atoms with Crippen molar-refractivity contribution in [2.45, 2.75) is 52.8 Å². The molecule has 1 aromatic rings. The Bertz CT molecular complexity index is 707. The Hall–Kier alpha value is -1.62. The lowest BCUT2D eigenvalue weighted by Gasteiger charge is -2.32. The number of amides is 1. The summed E-state index contributed by atoms with van der Waals surface area (Å²) in [6.45, 7) is 13.9. The van der Waals surface area contributed by atoms with Crippen LogP contribution < -0.4 is 15.5 Å². The van der Waals surface area contributed by atoms with E-state index in [4.69, 9.17) is 9.73 Å². The van der Waals surface area contributed by atoms with Crippen LogP contribution in [0.2, 0.25) is 0 Å². The molecular weight excluding hydrogens is 495 g/mol. The van der Waals surface area contributed by atoms with E-state index in [-0.39, 0.29) is 48.1 Å². The highest BCUT2D eigenvalue weighted by atomic mass is 127. The van der Waals surface area contributed by atoms with E-state index in [1.807, 2.05) is 51.9 Å². The third-order valence-corrected chi connectivity index (χ3v) is 4.38. The maximum Gasteiger partial charge on any atom is 0.240 e. The topological polar surface area (TPSA) is 82.1 Å². The molecule has 9 heteroatoms. The molecule has 1 amide bonds. The fourth-order valence-corrected chi connectivity index (χ4v) is 3.14. The van der Waals surface area contributed by atoms with Crippen molar-refractivity contribution in [3.05, 3.63) is 23.9 Å². The highest BCUT2D eigenvalue weighted by molar-refractivity contribution is 14.0. The maximum absolute atomic E-state index is 12.2. The van der Waals surface area contributed by atoms with Gasteiger partial charge in [-0.2, -0.15) is 0 Å². The number of anilines is 1. The van der Waals surface area contributed by atoms with Gasteiger partial charge in [-0.1, -0.05) is 0 Å².